The van der Waals surface area contributed by atoms with Crippen molar-refractivity contribution in [2.75, 3.05) is 0 Å². The number of aromatic nitrogens is 1. The summed E-state index contributed by atoms with van der Waals surface area (Å²) in [4.78, 5) is 4.31. The van der Waals surface area contributed by atoms with E-state index in [-0.39, 0.29) is 11.9 Å². The van der Waals surface area contributed by atoms with E-state index in [0.717, 1.165) is 16.8 Å². The molecule has 0 amide bonds. The van der Waals surface area contributed by atoms with E-state index in [9.17, 15) is 4.39 Å². The van der Waals surface area contributed by atoms with Crippen LogP contribution in [-0.4, -0.2) is 4.98 Å². The molecule has 94 valence electrons. The molecule has 0 saturated carbocycles. The van der Waals surface area contributed by atoms with Crippen molar-refractivity contribution in [1.82, 2.24) is 10.4 Å². The van der Waals surface area contributed by atoms with Crippen LogP contribution in [0.3, 0.4) is 0 Å². The molecule has 1 atom stereocenters. The van der Waals surface area contributed by atoms with E-state index in [0.29, 0.717) is 5.56 Å². The minimum Gasteiger partial charge on any atom is -0.271 e. The molecule has 1 aromatic carbocycles. The molecular weight excluding hydrogens is 229 g/mol. The zero-order valence-electron chi connectivity index (χ0n) is 10.4. The number of aryl methyl sites for hydroxylation is 2. The molecule has 0 spiro atoms. The van der Waals surface area contributed by atoms with Crippen molar-refractivity contribution in [2.45, 2.75) is 19.9 Å². The Hall–Kier alpha value is -1.78. The maximum atomic E-state index is 13.6. The molecule has 18 heavy (non-hydrogen) atoms. The van der Waals surface area contributed by atoms with E-state index in [1.54, 1.807) is 19.2 Å². The number of hydrogen-bond donors (Lipinski definition) is 2. The first kappa shape index (κ1) is 12.7. The van der Waals surface area contributed by atoms with Gasteiger partial charge in [-0.2, -0.15) is 0 Å². The fourth-order valence-electron chi connectivity index (χ4n) is 1.92. The zero-order chi connectivity index (χ0) is 13.1. The number of nitrogens with zero attached hydrogens (tertiary/aromatic N) is 1. The Labute approximate surface area is 106 Å². The van der Waals surface area contributed by atoms with Crippen LogP contribution >= 0.6 is 0 Å². The lowest BCUT2D eigenvalue weighted by molar-refractivity contribution is 0.591. The highest BCUT2D eigenvalue weighted by molar-refractivity contribution is 5.34. The van der Waals surface area contributed by atoms with Gasteiger partial charge in [-0.3, -0.25) is 10.8 Å². The molecule has 1 unspecified atom stereocenters. The molecular formula is C14H16FN3. The SMILES string of the molecule is Cc1ccc(C(NN)c2ncccc2C)cc1F. The van der Waals surface area contributed by atoms with Crippen molar-refractivity contribution in [3.05, 3.63) is 64.7 Å². The average Bonchev–Trinajstić information content (AvgIpc) is 2.37. The summed E-state index contributed by atoms with van der Waals surface area (Å²) >= 11 is 0. The highest BCUT2D eigenvalue weighted by atomic mass is 19.1. The molecule has 1 aromatic heterocycles. The maximum Gasteiger partial charge on any atom is 0.126 e. The topological polar surface area (TPSA) is 50.9 Å². The Morgan fingerprint density at radius 1 is 1.22 bits per heavy atom. The van der Waals surface area contributed by atoms with E-state index < -0.39 is 0 Å². The highest BCUT2D eigenvalue weighted by Gasteiger charge is 2.16. The monoisotopic (exact) mass is 245 g/mol. The zero-order valence-corrected chi connectivity index (χ0v) is 10.4. The van der Waals surface area contributed by atoms with Gasteiger partial charge >= 0.3 is 0 Å². The lowest BCUT2D eigenvalue weighted by atomic mass is 9.99. The molecule has 4 heteroatoms. The number of benzene rings is 1. The smallest absolute Gasteiger partial charge is 0.126 e. The molecule has 3 N–H and O–H groups in total. The predicted octanol–water partition coefficient (Wildman–Crippen LogP) is 2.39. The second kappa shape index (κ2) is 5.25. The number of hydrazine groups is 1. The molecule has 0 radical (unpaired) electrons. The van der Waals surface area contributed by atoms with Crippen LogP contribution in [0.2, 0.25) is 0 Å². The van der Waals surface area contributed by atoms with E-state index in [2.05, 4.69) is 10.4 Å². The van der Waals surface area contributed by atoms with Crippen molar-refractivity contribution in [2.24, 2.45) is 5.84 Å². The van der Waals surface area contributed by atoms with Crippen molar-refractivity contribution in [3.8, 4) is 0 Å². The highest BCUT2D eigenvalue weighted by Crippen LogP contribution is 2.23. The minimum absolute atomic E-state index is 0.235. The first-order chi connectivity index (χ1) is 8.63. The average molecular weight is 245 g/mol. The van der Waals surface area contributed by atoms with Gasteiger partial charge in [0, 0.05) is 6.20 Å². The van der Waals surface area contributed by atoms with E-state index >= 15 is 0 Å². The molecule has 2 aromatic rings. The quantitative estimate of drug-likeness (QED) is 0.645. The first-order valence-corrected chi connectivity index (χ1v) is 5.77. The molecule has 0 aliphatic heterocycles. The largest absolute Gasteiger partial charge is 0.271 e. The number of pyridine rings is 1. The number of rotatable bonds is 3. The van der Waals surface area contributed by atoms with Gasteiger partial charge in [0.25, 0.3) is 0 Å². The van der Waals surface area contributed by atoms with Crippen LogP contribution in [0.1, 0.15) is 28.4 Å². The van der Waals surface area contributed by atoms with Crippen LogP contribution in [-0.2, 0) is 0 Å². The van der Waals surface area contributed by atoms with Crippen LogP contribution in [0.25, 0.3) is 0 Å². The maximum absolute atomic E-state index is 13.6. The molecule has 0 fully saturated rings. The molecule has 2 rings (SSSR count). The second-order valence-electron chi connectivity index (χ2n) is 4.31. The summed E-state index contributed by atoms with van der Waals surface area (Å²) in [5.41, 5.74) is 5.90. The van der Waals surface area contributed by atoms with Crippen LogP contribution in [0, 0.1) is 19.7 Å². The molecule has 3 nitrogen and oxygen atoms in total. The van der Waals surface area contributed by atoms with Crippen molar-refractivity contribution in [1.29, 1.82) is 0 Å². The van der Waals surface area contributed by atoms with Crippen molar-refractivity contribution < 1.29 is 4.39 Å². The minimum atomic E-state index is -0.304. The summed E-state index contributed by atoms with van der Waals surface area (Å²) in [5, 5.41) is 0. The summed E-state index contributed by atoms with van der Waals surface area (Å²) in [6.45, 7) is 3.69. The van der Waals surface area contributed by atoms with Gasteiger partial charge in [0.1, 0.15) is 5.82 Å². The summed E-state index contributed by atoms with van der Waals surface area (Å²) < 4.78 is 13.6. The molecule has 0 aliphatic carbocycles. The number of halogens is 1. The van der Waals surface area contributed by atoms with Gasteiger partial charge in [0.2, 0.25) is 0 Å². The van der Waals surface area contributed by atoms with Crippen LogP contribution in [0.4, 0.5) is 4.39 Å². The molecule has 0 bridgehead atoms. The summed E-state index contributed by atoms with van der Waals surface area (Å²) in [5.74, 6) is 5.35. The third-order valence-corrected chi connectivity index (χ3v) is 3.02. The fraction of sp³-hybridized carbons (Fsp3) is 0.214. The Bertz CT molecular complexity index is 554. The number of nitrogens with one attached hydrogen (secondary N) is 1. The molecule has 1 heterocycles. The van der Waals surface area contributed by atoms with Crippen LogP contribution in [0.5, 0.6) is 0 Å². The number of hydrogen-bond acceptors (Lipinski definition) is 3. The molecule has 0 aliphatic rings. The van der Waals surface area contributed by atoms with E-state index in [4.69, 9.17) is 5.84 Å². The Balaban J connectivity index is 2.45. The van der Waals surface area contributed by atoms with E-state index in [1.807, 2.05) is 25.1 Å². The van der Waals surface area contributed by atoms with E-state index in [1.165, 1.54) is 6.07 Å². The molecule has 0 saturated heterocycles. The van der Waals surface area contributed by atoms with Gasteiger partial charge in [0.15, 0.2) is 0 Å². The van der Waals surface area contributed by atoms with Crippen molar-refractivity contribution >= 4 is 0 Å². The van der Waals surface area contributed by atoms with Gasteiger partial charge in [-0.25, -0.2) is 9.82 Å². The third-order valence-electron chi connectivity index (χ3n) is 3.02. The van der Waals surface area contributed by atoms with Gasteiger partial charge < -0.3 is 0 Å². The Morgan fingerprint density at radius 3 is 2.61 bits per heavy atom. The lowest BCUT2D eigenvalue weighted by Crippen LogP contribution is -2.30. The normalized spacial score (nSPS) is 12.4. The Kier molecular flexibility index (Phi) is 3.69. The van der Waals surface area contributed by atoms with Crippen LogP contribution in [0.15, 0.2) is 36.5 Å². The standard InChI is InChI=1S/C14H16FN3/c1-9-5-6-11(8-12(9)15)14(18-16)13-10(2)4-3-7-17-13/h3-8,14,18H,16H2,1-2H3. The summed E-state index contributed by atoms with van der Waals surface area (Å²) in [6, 6.07) is 8.61. The first-order valence-electron chi connectivity index (χ1n) is 5.77. The third kappa shape index (κ3) is 2.39. The van der Waals surface area contributed by atoms with Gasteiger partial charge in [-0.15, -0.1) is 0 Å². The van der Waals surface area contributed by atoms with Gasteiger partial charge in [0.05, 0.1) is 11.7 Å². The van der Waals surface area contributed by atoms with Crippen molar-refractivity contribution in [3.63, 3.8) is 0 Å². The second-order valence-corrected chi connectivity index (χ2v) is 4.31. The van der Waals surface area contributed by atoms with Gasteiger partial charge in [-0.1, -0.05) is 18.2 Å². The van der Waals surface area contributed by atoms with Crippen LogP contribution < -0.4 is 11.3 Å². The lowest BCUT2D eigenvalue weighted by Gasteiger charge is -2.18. The number of nitrogens with two attached hydrogens (primary N) is 1. The Morgan fingerprint density at radius 2 is 2.00 bits per heavy atom. The summed E-state index contributed by atoms with van der Waals surface area (Å²) in [7, 11) is 0. The predicted molar refractivity (Wildman–Crippen MR) is 69.3 cm³/mol. The van der Waals surface area contributed by atoms with Gasteiger partial charge in [-0.05, 0) is 42.7 Å². The summed E-state index contributed by atoms with van der Waals surface area (Å²) in [6.07, 6.45) is 1.71. The fourth-order valence-corrected chi connectivity index (χ4v) is 1.92.